The molecule has 2 aromatic carbocycles. The Kier molecular flexibility index (Phi) is 4.91. The Labute approximate surface area is 143 Å². The third-order valence-electron chi connectivity index (χ3n) is 3.50. The average Bonchev–Trinajstić information content (AvgIpc) is 2.45. The molecule has 0 bridgehead atoms. The van der Waals surface area contributed by atoms with Crippen LogP contribution in [0, 0.1) is 13.8 Å². The van der Waals surface area contributed by atoms with E-state index in [1.807, 2.05) is 13.0 Å². The molecule has 0 aliphatic heterocycles. The van der Waals surface area contributed by atoms with Gasteiger partial charge in [-0.05, 0) is 49.7 Å². The fraction of sp³-hybridized carbons (Fsp3) is 0.250. The number of sulfonamides is 2. The van der Waals surface area contributed by atoms with Gasteiger partial charge in [-0.2, -0.15) is 0 Å². The Balaban J connectivity index is 2.35. The Hall–Kier alpha value is -2.06. The molecule has 0 aliphatic rings. The van der Waals surface area contributed by atoms with Crippen LogP contribution >= 0.6 is 0 Å². The van der Waals surface area contributed by atoms with E-state index in [0.717, 1.165) is 11.8 Å². The van der Waals surface area contributed by atoms with E-state index in [-0.39, 0.29) is 4.90 Å². The molecular formula is C16H20N2O4S2. The van der Waals surface area contributed by atoms with Crippen molar-refractivity contribution >= 4 is 31.4 Å². The second-order valence-electron chi connectivity index (χ2n) is 5.66. The van der Waals surface area contributed by atoms with Crippen LogP contribution in [0.3, 0.4) is 0 Å². The molecule has 2 aromatic rings. The number of rotatable bonds is 5. The van der Waals surface area contributed by atoms with Crippen molar-refractivity contribution in [3.05, 3.63) is 53.6 Å². The molecule has 2 rings (SSSR count). The van der Waals surface area contributed by atoms with E-state index in [0.29, 0.717) is 16.9 Å². The molecule has 0 unspecified atom stereocenters. The Morgan fingerprint density at radius 2 is 1.50 bits per heavy atom. The van der Waals surface area contributed by atoms with Gasteiger partial charge in [-0.1, -0.05) is 17.7 Å². The van der Waals surface area contributed by atoms with Crippen molar-refractivity contribution in [3.8, 4) is 0 Å². The summed E-state index contributed by atoms with van der Waals surface area (Å²) < 4.78 is 51.5. The fourth-order valence-electron chi connectivity index (χ4n) is 2.33. The third kappa shape index (κ3) is 4.07. The van der Waals surface area contributed by atoms with Crippen LogP contribution in [0.2, 0.25) is 0 Å². The molecule has 0 saturated heterocycles. The van der Waals surface area contributed by atoms with E-state index in [1.165, 1.54) is 23.5 Å². The number of anilines is 2. The molecule has 0 radical (unpaired) electrons. The largest absolute Gasteiger partial charge is 0.284 e. The summed E-state index contributed by atoms with van der Waals surface area (Å²) in [7, 11) is -5.60. The molecule has 0 saturated carbocycles. The molecule has 6 nitrogen and oxygen atoms in total. The maximum absolute atomic E-state index is 12.8. The van der Waals surface area contributed by atoms with Gasteiger partial charge in [0.15, 0.2) is 0 Å². The second-order valence-corrected chi connectivity index (χ2v) is 9.35. The van der Waals surface area contributed by atoms with Crippen LogP contribution in [-0.2, 0) is 20.0 Å². The van der Waals surface area contributed by atoms with E-state index >= 15 is 0 Å². The summed E-state index contributed by atoms with van der Waals surface area (Å²) >= 11 is 0. The fourth-order valence-corrected chi connectivity index (χ4v) is 4.29. The minimum atomic E-state index is -3.69. The molecule has 0 fully saturated rings. The summed E-state index contributed by atoms with van der Waals surface area (Å²) in [5.74, 6) is 0. The van der Waals surface area contributed by atoms with E-state index < -0.39 is 20.0 Å². The lowest BCUT2D eigenvalue weighted by atomic mass is 10.2. The van der Waals surface area contributed by atoms with Gasteiger partial charge in [0.25, 0.3) is 10.0 Å². The SMILES string of the molecule is Cc1ccc(S(=O)(=O)N(C)c2ccc(NS(C)(=O)=O)cc2)c(C)c1. The molecule has 0 atom stereocenters. The average molecular weight is 368 g/mol. The van der Waals surface area contributed by atoms with Crippen LogP contribution in [0.25, 0.3) is 0 Å². The minimum absolute atomic E-state index is 0.244. The van der Waals surface area contributed by atoms with Crippen LogP contribution in [-0.4, -0.2) is 30.1 Å². The topological polar surface area (TPSA) is 83.6 Å². The van der Waals surface area contributed by atoms with Gasteiger partial charge < -0.3 is 0 Å². The standard InChI is InChI=1S/C16H20N2O4S2/c1-12-5-10-16(13(2)11-12)24(21,22)18(3)15-8-6-14(7-9-15)17-23(4,19)20/h5-11,17H,1-4H3. The number of nitrogens with one attached hydrogen (secondary N) is 1. The normalized spacial score (nSPS) is 12.0. The Morgan fingerprint density at radius 1 is 0.917 bits per heavy atom. The minimum Gasteiger partial charge on any atom is -0.284 e. The molecule has 0 spiro atoms. The molecule has 130 valence electrons. The molecule has 0 aromatic heterocycles. The van der Waals surface area contributed by atoms with Gasteiger partial charge >= 0.3 is 0 Å². The summed E-state index contributed by atoms with van der Waals surface area (Å²) in [4.78, 5) is 0.244. The summed E-state index contributed by atoms with van der Waals surface area (Å²) in [5.41, 5.74) is 2.48. The van der Waals surface area contributed by atoms with Gasteiger partial charge in [0.1, 0.15) is 0 Å². The highest BCUT2D eigenvalue weighted by molar-refractivity contribution is 7.93. The van der Waals surface area contributed by atoms with Crippen molar-refractivity contribution in [3.63, 3.8) is 0 Å². The zero-order chi connectivity index (χ0) is 18.1. The van der Waals surface area contributed by atoms with Crippen LogP contribution < -0.4 is 9.03 Å². The van der Waals surface area contributed by atoms with Crippen LogP contribution in [0.15, 0.2) is 47.4 Å². The highest BCUT2D eigenvalue weighted by atomic mass is 32.2. The molecule has 0 heterocycles. The van der Waals surface area contributed by atoms with E-state index in [4.69, 9.17) is 0 Å². The molecule has 1 N–H and O–H groups in total. The van der Waals surface area contributed by atoms with Crippen LogP contribution in [0.5, 0.6) is 0 Å². The smallest absolute Gasteiger partial charge is 0.264 e. The first-order chi connectivity index (χ1) is 11.0. The van der Waals surface area contributed by atoms with Crippen molar-refractivity contribution in [1.29, 1.82) is 0 Å². The van der Waals surface area contributed by atoms with E-state index in [9.17, 15) is 16.8 Å². The maximum Gasteiger partial charge on any atom is 0.264 e. The summed E-state index contributed by atoms with van der Waals surface area (Å²) in [6, 6.07) is 11.3. The van der Waals surface area contributed by atoms with E-state index in [1.54, 1.807) is 31.2 Å². The Bertz CT molecular complexity index is 950. The van der Waals surface area contributed by atoms with Crippen molar-refractivity contribution in [1.82, 2.24) is 0 Å². The molecule has 24 heavy (non-hydrogen) atoms. The van der Waals surface area contributed by atoms with E-state index in [2.05, 4.69) is 4.72 Å². The predicted molar refractivity (Wildman–Crippen MR) is 96.4 cm³/mol. The first-order valence-corrected chi connectivity index (χ1v) is 10.5. The van der Waals surface area contributed by atoms with Gasteiger partial charge in [-0.15, -0.1) is 0 Å². The number of nitrogens with zero attached hydrogens (tertiary/aromatic N) is 1. The van der Waals surface area contributed by atoms with Gasteiger partial charge in [0.2, 0.25) is 10.0 Å². The zero-order valence-corrected chi connectivity index (χ0v) is 15.6. The first kappa shape index (κ1) is 18.3. The number of hydrogen-bond donors (Lipinski definition) is 1. The lowest BCUT2D eigenvalue weighted by Crippen LogP contribution is -2.27. The lowest BCUT2D eigenvalue weighted by Gasteiger charge is -2.21. The molecule has 0 amide bonds. The first-order valence-electron chi connectivity index (χ1n) is 7.15. The summed E-state index contributed by atoms with van der Waals surface area (Å²) in [6.45, 7) is 3.66. The van der Waals surface area contributed by atoms with Crippen molar-refractivity contribution in [2.45, 2.75) is 18.7 Å². The highest BCUT2D eigenvalue weighted by Crippen LogP contribution is 2.26. The zero-order valence-electron chi connectivity index (χ0n) is 13.9. The van der Waals surface area contributed by atoms with Crippen LogP contribution in [0.4, 0.5) is 11.4 Å². The molecule has 0 aliphatic carbocycles. The lowest BCUT2D eigenvalue weighted by molar-refractivity contribution is 0.593. The number of aryl methyl sites for hydroxylation is 2. The van der Waals surface area contributed by atoms with Gasteiger partial charge in [0.05, 0.1) is 16.8 Å². The molecule has 8 heteroatoms. The highest BCUT2D eigenvalue weighted by Gasteiger charge is 2.23. The number of hydrogen-bond acceptors (Lipinski definition) is 4. The maximum atomic E-state index is 12.8. The second kappa shape index (κ2) is 6.45. The van der Waals surface area contributed by atoms with Crippen LogP contribution in [0.1, 0.15) is 11.1 Å². The third-order valence-corrected chi connectivity index (χ3v) is 6.06. The van der Waals surface area contributed by atoms with Crippen molar-refractivity contribution in [2.24, 2.45) is 0 Å². The van der Waals surface area contributed by atoms with Gasteiger partial charge in [0, 0.05) is 12.7 Å². The van der Waals surface area contributed by atoms with Crippen molar-refractivity contribution in [2.75, 3.05) is 22.3 Å². The quantitative estimate of drug-likeness (QED) is 0.879. The number of benzene rings is 2. The van der Waals surface area contributed by atoms with Gasteiger partial charge in [-0.25, -0.2) is 16.8 Å². The van der Waals surface area contributed by atoms with Crippen molar-refractivity contribution < 1.29 is 16.8 Å². The molecular weight excluding hydrogens is 348 g/mol. The monoisotopic (exact) mass is 368 g/mol. The summed E-state index contributed by atoms with van der Waals surface area (Å²) in [6.07, 6.45) is 1.05. The summed E-state index contributed by atoms with van der Waals surface area (Å²) in [5, 5.41) is 0. The predicted octanol–water partition coefficient (Wildman–Crippen LogP) is 2.50. The Morgan fingerprint density at radius 3 is 2.00 bits per heavy atom. The van der Waals surface area contributed by atoms with Gasteiger partial charge in [-0.3, -0.25) is 9.03 Å².